The van der Waals surface area contributed by atoms with Crippen molar-refractivity contribution in [3.05, 3.63) is 23.9 Å². The van der Waals surface area contributed by atoms with Gasteiger partial charge in [0.05, 0.1) is 13.3 Å². The van der Waals surface area contributed by atoms with Crippen LogP contribution >= 0.6 is 0 Å². The Labute approximate surface area is 78.9 Å². The second kappa shape index (κ2) is 3.02. The third-order valence-corrected chi connectivity index (χ3v) is 1.89. The fraction of sp³-hybridized carbons (Fsp3) is 0.111. The van der Waals surface area contributed by atoms with Crippen molar-refractivity contribution in [3.63, 3.8) is 0 Å². The Morgan fingerprint density at radius 1 is 1.57 bits per heavy atom. The van der Waals surface area contributed by atoms with E-state index >= 15 is 0 Å². The lowest BCUT2D eigenvalue weighted by atomic mass is 10.1. The number of aromatic nitrogens is 1. The number of methoxy groups -OCH3 is 1. The van der Waals surface area contributed by atoms with Crippen molar-refractivity contribution < 1.29 is 19.2 Å². The van der Waals surface area contributed by atoms with Gasteiger partial charge >= 0.3 is 5.97 Å². The van der Waals surface area contributed by atoms with Crippen LogP contribution in [-0.2, 0) is 0 Å². The molecule has 0 aliphatic carbocycles. The summed E-state index contributed by atoms with van der Waals surface area (Å²) in [4.78, 5) is 10.8. The monoisotopic (exact) mass is 193 g/mol. The molecule has 0 atom stereocenters. The zero-order valence-electron chi connectivity index (χ0n) is 7.35. The van der Waals surface area contributed by atoms with Gasteiger partial charge in [0.15, 0.2) is 5.58 Å². The molecule has 0 aliphatic heterocycles. The van der Waals surface area contributed by atoms with Gasteiger partial charge < -0.3 is 14.4 Å². The molecule has 1 aromatic heterocycles. The summed E-state index contributed by atoms with van der Waals surface area (Å²) in [6.45, 7) is 0. The smallest absolute Gasteiger partial charge is 0.339 e. The summed E-state index contributed by atoms with van der Waals surface area (Å²) >= 11 is 0. The number of rotatable bonds is 2. The van der Waals surface area contributed by atoms with Gasteiger partial charge in [-0.1, -0.05) is 5.16 Å². The lowest BCUT2D eigenvalue weighted by Crippen LogP contribution is -1.97. The fourth-order valence-electron chi connectivity index (χ4n) is 1.23. The Balaban J connectivity index is 2.76. The second-order valence-corrected chi connectivity index (χ2v) is 2.72. The number of hydrogen-bond donors (Lipinski definition) is 1. The normalized spacial score (nSPS) is 10.4. The number of fused-ring (bicyclic) bond motifs is 1. The van der Waals surface area contributed by atoms with Crippen LogP contribution in [0, 0.1) is 0 Å². The largest absolute Gasteiger partial charge is 0.497 e. The highest BCUT2D eigenvalue weighted by Crippen LogP contribution is 2.24. The molecule has 0 radical (unpaired) electrons. The third-order valence-electron chi connectivity index (χ3n) is 1.89. The number of hydrogen-bond acceptors (Lipinski definition) is 4. The average molecular weight is 193 g/mol. The SMILES string of the molecule is COc1cc(C(=O)O)c2oncc2c1. The average Bonchev–Trinajstić information content (AvgIpc) is 2.63. The van der Waals surface area contributed by atoms with Gasteiger partial charge in [-0.15, -0.1) is 0 Å². The Bertz CT molecular complexity index is 489. The molecule has 1 aromatic carbocycles. The van der Waals surface area contributed by atoms with Crippen molar-refractivity contribution in [3.8, 4) is 5.75 Å². The predicted octanol–water partition coefficient (Wildman–Crippen LogP) is 1.53. The van der Waals surface area contributed by atoms with Crippen LogP contribution in [-0.4, -0.2) is 23.3 Å². The van der Waals surface area contributed by atoms with Gasteiger partial charge in [0.25, 0.3) is 0 Å². The van der Waals surface area contributed by atoms with Crippen LogP contribution in [0.1, 0.15) is 10.4 Å². The minimum absolute atomic E-state index is 0.0526. The summed E-state index contributed by atoms with van der Waals surface area (Å²) in [5.41, 5.74) is 0.315. The molecule has 0 saturated heterocycles. The zero-order valence-corrected chi connectivity index (χ0v) is 7.35. The summed E-state index contributed by atoms with van der Waals surface area (Å²) in [5, 5.41) is 13.0. The number of carbonyl (C=O) groups is 1. The predicted molar refractivity (Wildman–Crippen MR) is 47.5 cm³/mol. The van der Waals surface area contributed by atoms with E-state index in [2.05, 4.69) is 5.16 Å². The van der Waals surface area contributed by atoms with Gasteiger partial charge in [0, 0.05) is 5.39 Å². The molecule has 2 aromatic rings. The van der Waals surface area contributed by atoms with Crippen molar-refractivity contribution in [2.75, 3.05) is 7.11 Å². The van der Waals surface area contributed by atoms with Crippen molar-refractivity contribution in [2.45, 2.75) is 0 Å². The Hall–Kier alpha value is -2.04. The molecule has 0 amide bonds. The van der Waals surface area contributed by atoms with E-state index in [1.807, 2.05) is 0 Å². The maximum Gasteiger partial charge on any atom is 0.339 e. The summed E-state index contributed by atoms with van der Waals surface area (Å²) in [6.07, 6.45) is 1.45. The van der Waals surface area contributed by atoms with Crippen LogP contribution in [0.2, 0.25) is 0 Å². The summed E-state index contributed by atoms with van der Waals surface area (Å²) < 4.78 is 9.77. The van der Waals surface area contributed by atoms with Gasteiger partial charge in [-0.25, -0.2) is 4.79 Å². The molecule has 0 aliphatic rings. The topological polar surface area (TPSA) is 72.6 Å². The molecule has 2 rings (SSSR count). The lowest BCUT2D eigenvalue weighted by molar-refractivity contribution is 0.0697. The highest BCUT2D eigenvalue weighted by Gasteiger charge is 2.14. The highest BCUT2D eigenvalue weighted by atomic mass is 16.5. The number of aromatic carboxylic acids is 1. The molecule has 5 heteroatoms. The molecule has 0 saturated carbocycles. The number of ether oxygens (including phenoxy) is 1. The maximum atomic E-state index is 10.8. The molecule has 0 bridgehead atoms. The van der Waals surface area contributed by atoms with Gasteiger partial charge in [0.1, 0.15) is 11.3 Å². The molecule has 0 spiro atoms. The van der Waals surface area contributed by atoms with Crippen molar-refractivity contribution in [1.82, 2.24) is 5.16 Å². The van der Waals surface area contributed by atoms with E-state index in [-0.39, 0.29) is 11.1 Å². The highest BCUT2D eigenvalue weighted by molar-refractivity contribution is 6.01. The van der Waals surface area contributed by atoms with Crippen molar-refractivity contribution in [2.24, 2.45) is 0 Å². The van der Waals surface area contributed by atoms with Gasteiger partial charge in [-0.05, 0) is 12.1 Å². The molecule has 72 valence electrons. The number of benzene rings is 1. The van der Waals surface area contributed by atoms with Crippen LogP contribution in [0.25, 0.3) is 11.0 Å². The van der Waals surface area contributed by atoms with Crippen molar-refractivity contribution in [1.29, 1.82) is 0 Å². The van der Waals surface area contributed by atoms with Crippen LogP contribution < -0.4 is 4.74 Å². The summed E-state index contributed by atoms with van der Waals surface area (Å²) in [6, 6.07) is 3.06. The third kappa shape index (κ3) is 1.19. The van der Waals surface area contributed by atoms with E-state index in [0.29, 0.717) is 11.1 Å². The Morgan fingerprint density at radius 2 is 2.36 bits per heavy atom. The molecular weight excluding hydrogens is 186 g/mol. The minimum atomic E-state index is -1.06. The maximum absolute atomic E-state index is 10.8. The van der Waals surface area contributed by atoms with Crippen LogP contribution in [0.3, 0.4) is 0 Å². The van der Waals surface area contributed by atoms with Crippen molar-refractivity contribution >= 4 is 16.9 Å². The van der Waals surface area contributed by atoms with Crippen LogP contribution in [0.15, 0.2) is 22.9 Å². The van der Waals surface area contributed by atoms with Crippen LogP contribution in [0.4, 0.5) is 0 Å². The van der Waals surface area contributed by atoms with E-state index in [4.69, 9.17) is 14.4 Å². The van der Waals surface area contributed by atoms with E-state index in [0.717, 1.165) is 0 Å². The number of carboxylic acid groups (broad SMARTS) is 1. The lowest BCUT2D eigenvalue weighted by Gasteiger charge is -2.00. The second-order valence-electron chi connectivity index (χ2n) is 2.72. The molecule has 5 nitrogen and oxygen atoms in total. The minimum Gasteiger partial charge on any atom is -0.497 e. The first-order chi connectivity index (χ1) is 6.72. The standard InChI is InChI=1S/C9H7NO4/c1-13-6-2-5-4-10-14-8(5)7(3-6)9(11)12/h2-4H,1H3,(H,11,12). The summed E-state index contributed by atoms with van der Waals surface area (Å²) in [5.74, 6) is -0.594. The molecule has 1 heterocycles. The van der Waals surface area contributed by atoms with Gasteiger partial charge in [0.2, 0.25) is 0 Å². The van der Waals surface area contributed by atoms with E-state index in [1.165, 1.54) is 19.4 Å². The Morgan fingerprint density at radius 3 is 3.00 bits per heavy atom. The summed E-state index contributed by atoms with van der Waals surface area (Å²) in [7, 11) is 1.47. The zero-order chi connectivity index (χ0) is 10.1. The van der Waals surface area contributed by atoms with Gasteiger partial charge in [-0.2, -0.15) is 0 Å². The fourth-order valence-corrected chi connectivity index (χ4v) is 1.23. The van der Waals surface area contributed by atoms with Gasteiger partial charge in [-0.3, -0.25) is 0 Å². The first-order valence-corrected chi connectivity index (χ1v) is 3.88. The number of carboxylic acids is 1. The van der Waals surface area contributed by atoms with E-state index < -0.39 is 5.97 Å². The molecule has 1 N–H and O–H groups in total. The van der Waals surface area contributed by atoms with E-state index in [1.54, 1.807) is 6.07 Å². The molecule has 0 fully saturated rings. The number of nitrogens with zero attached hydrogens (tertiary/aromatic N) is 1. The molecule has 0 unspecified atom stereocenters. The quantitative estimate of drug-likeness (QED) is 0.782. The first-order valence-electron chi connectivity index (χ1n) is 3.88. The van der Waals surface area contributed by atoms with E-state index in [9.17, 15) is 4.79 Å². The first kappa shape index (κ1) is 8.55. The molecular formula is C9H7NO4. The Kier molecular flexibility index (Phi) is 1.85. The molecule has 14 heavy (non-hydrogen) atoms. The van der Waals surface area contributed by atoms with Crippen LogP contribution in [0.5, 0.6) is 5.75 Å².